The molecule has 7 heteroatoms. The van der Waals surface area contributed by atoms with Crippen LogP contribution in [0.25, 0.3) is 10.9 Å². The third-order valence-electron chi connectivity index (χ3n) is 3.68. The fourth-order valence-electron chi connectivity index (χ4n) is 2.41. The summed E-state index contributed by atoms with van der Waals surface area (Å²) in [6, 6.07) is 15.2. The number of hydrogen-bond acceptors (Lipinski definition) is 4. The number of aryl methyl sites for hydroxylation is 1. The number of nitrogens with zero attached hydrogens (tertiary/aromatic N) is 1. The zero-order valence-electron chi connectivity index (χ0n) is 14.0. The molecule has 0 unspecified atom stereocenters. The van der Waals surface area contributed by atoms with Gasteiger partial charge in [-0.2, -0.15) is 0 Å². The van der Waals surface area contributed by atoms with Crippen molar-refractivity contribution in [1.82, 2.24) is 15.8 Å². The van der Waals surface area contributed by atoms with Gasteiger partial charge in [-0.05, 0) is 36.8 Å². The van der Waals surface area contributed by atoms with E-state index in [2.05, 4.69) is 15.8 Å². The number of pyridine rings is 1. The minimum absolute atomic E-state index is 0.0718. The molecule has 0 bridgehead atoms. The van der Waals surface area contributed by atoms with Crippen molar-refractivity contribution in [2.24, 2.45) is 0 Å². The largest absolute Gasteiger partial charge is 0.272 e. The van der Waals surface area contributed by atoms with Gasteiger partial charge in [0.15, 0.2) is 0 Å². The maximum Gasteiger partial charge on any atom is 0.272 e. The van der Waals surface area contributed by atoms with Crippen molar-refractivity contribution in [3.8, 4) is 0 Å². The molecule has 26 heavy (non-hydrogen) atoms. The number of hydrazine groups is 1. The number of aromatic nitrogens is 1. The maximum absolute atomic E-state index is 13.5. The number of fused-ring (bicyclic) bond motifs is 1. The SMILES string of the molecule is Cc1cc(SCC(=O)NNC(=O)c2ccccc2F)nc2ccccc12. The highest BCUT2D eigenvalue weighted by Gasteiger charge is 2.12. The summed E-state index contributed by atoms with van der Waals surface area (Å²) >= 11 is 1.26. The average Bonchev–Trinajstić information content (AvgIpc) is 2.65. The zero-order valence-corrected chi connectivity index (χ0v) is 14.8. The van der Waals surface area contributed by atoms with Gasteiger partial charge in [0.2, 0.25) is 5.91 Å². The number of hydrogen-bond donors (Lipinski definition) is 2. The van der Waals surface area contributed by atoms with Crippen molar-refractivity contribution in [3.05, 3.63) is 71.5 Å². The predicted molar refractivity (Wildman–Crippen MR) is 99.2 cm³/mol. The molecule has 0 saturated carbocycles. The third kappa shape index (κ3) is 4.18. The van der Waals surface area contributed by atoms with E-state index in [-0.39, 0.29) is 11.3 Å². The Balaban J connectivity index is 1.56. The van der Waals surface area contributed by atoms with Crippen LogP contribution in [0.4, 0.5) is 4.39 Å². The number of amides is 2. The van der Waals surface area contributed by atoms with Crippen LogP contribution < -0.4 is 10.9 Å². The van der Waals surface area contributed by atoms with Gasteiger partial charge in [0, 0.05) is 5.39 Å². The maximum atomic E-state index is 13.5. The summed E-state index contributed by atoms with van der Waals surface area (Å²) < 4.78 is 13.5. The highest BCUT2D eigenvalue weighted by molar-refractivity contribution is 7.99. The fraction of sp³-hybridized carbons (Fsp3) is 0.105. The van der Waals surface area contributed by atoms with Crippen molar-refractivity contribution in [1.29, 1.82) is 0 Å². The molecule has 0 aliphatic rings. The Morgan fingerprint density at radius 1 is 1.08 bits per heavy atom. The number of nitrogens with one attached hydrogen (secondary N) is 2. The minimum Gasteiger partial charge on any atom is -0.272 e. The molecule has 5 nitrogen and oxygen atoms in total. The van der Waals surface area contributed by atoms with E-state index in [1.807, 2.05) is 37.3 Å². The summed E-state index contributed by atoms with van der Waals surface area (Å²) in [5.41, 5.74) is 6.29. The Morgan fingerprint density at radius 2 is 1.81 bits per heavy atom. The standard InChI is InChI=1S/C19H16FN3O2S/c1-12-10-18(21-16-9-5-3-6-13(12)16)26-11-17(24)22-23-19(25)14-7-2-4-8-15(14)20/h2-10H,11H2,1H3,(H,22,24)(H,23,25). The van der Waals surface area contributed by atoms with E-state index in [1.54, 1.807) is 6.07 Å². The van der Waals surface area contributed by atoms with Gasteiger partial charge in [-0.15, -0.1) is 0 Å². The van der Waals surface area contributed by atoms with Gasteiger partial charge in [0.05, 0.1) is 21.9 Å². The molecule has 0 spiro atoms. The molecule has 1 heterocycles. The van der Waals surface area contributed by atoms with Crippen LogP contribution in [-0.4, -0.2) is 22.6 Å². The van der Waals surface area contributed by atoms with E-state index >= 15 is 0 Å². The van der Waals surface area contributed by atoms with Gasteiger partial charge in [0.25, 0.3) is 5.91 Å². The molecule has 0 aliphatic carbocycles. The van der Waals surface area contributed by atoms with Crippen molar-refractivity contribution >= 4 is 34.5 Å². The fourth-order valence-corrected chi connectivity index (χ4v) is 3.18. The van der Waals surface area contributed by atoms with Crippen LogP contribution in [0.1, 0.15) is 15.9 Å². The van der Waals surface area contributed by atoms with Gasteiger partial charge in [-0.3, -0.25) is 20.4 Å². The quantitative estimate of drug-likeness (QED) is 0.547. The molecule has 0 atom stereocenters. The van der Waals surface area contributed by atoms with Crippen LogP contribution in [0.5, 0.6) is 0 Å². The minimum atomic E-state index is -0.707. The smallest absolute Gasteiger partial charge is 0.272 e. The number of benzene rings is 2. The Hall–Kier alpha value is -2.93. The second-order valence-electron chi connectivity index (χ2n) is 5.57. The summed E-state index contributed by atoms with van der Waals surface area (Å²) in [4.78, 5) is 28.3. The molecule has 0 radical (unpaired) electrons. The molecule has 2 N–H and O–H groups in total. The van der Waals surface area contributed by atoms with Crippen molar-refractivity contribution in [3.63, 3.8) is 0 Å². The van der Waals surface area contributed by atoms with Crippen LogP contribution >= 0.6 is 11.8 Å². The Morgan fingerprint density at radius 3 is 2.62 bits per heavy atom. The average molecular weight is 369 g/mol. The lowest BCUT2D eigenvalue weighted by Crippen LogP contribution is -2.42. The molecular formula is C19H16FN3O2S. The number of carbonyl (C=O) groups is 2. The molecule has 3 rings (SSSR count). The summed E-state index contributed by atoms with van der Waals surface area (Å²) in [7, 11) is 0. The first-order valence-electron chi connectivity index (χ1n) is 7.87. The summed E-state index contributed by atoms with van der Waals surface area (Å²) in [5, 5.41) is 1.79. The summed E-state index contributed by atoms with van der Waals surface area (Å²) in [5.74, 6) is -1.69. The van der Waals surface area contributed by atoms with E-state index in [4.69, 9.17) is 0 Å². The van der Waals surface area contributed by atoms with Crippen LogP contribution in [0.2, 0.25) is 0 Å². The Labute approximate surface area is 154 Å². The predicted octanol–water partition coefficient (Wildman–Crippen LogP) is 3.24. The lowest BCUT2D eigenvalue weighted by molar-refractivity contribution is -0.119. The normalized spacial score (nSPS) is 10.5. The van der Waals surface area contributed by atoms with Gasteiger partial charge in [0.1, 0.15) is 5.82 Å². The lowest BCUT2D eigenvalue weighted by Gasteiger charge is -2.08. The number of carbonyl (C=O) groups excluding carboxylic acids is 2. The molecule has 0 fully saturated rings. The molecule has 2 amide bonds. The van der Waals surface area contributed by atoms with E-state index < -0.39 is 17.6 Å². The Bertz CT molecular complexity index is 978. The van der Waals surface area contributed by atoms with E-state index in [0.29, 0.717) is 0 Å². The first-order chi connectivity index (χ1) is 12.5. The van der Waals surface area contributed by atoms with Gasteiger partial charge in [-0.1, -0.05) is 42.1 Å². The third-order valence-corrected chi connectivity index (χ3v) is 4.60. The number of halogens is 1. The van der Waals surface area contributed by atoms with Crippen LogP contribution in [0.15, 0.2) is 59.6 Å². The van der Waals surface area contributed by atoms with Crippen LogP contribution in [-0.2, 0) is 4.79 Å². The monoisotopic (exact) mass is 369 g/mol. The molecule has 2 aromatic carbocycles. The summed E-state index contributed by atoms with van der Waals surface area (Å²) in [6.07, 6.45) is 0. The van der Waals surface area contributed by atoms with Gasteiger partial charge >= 0.3 is 0 Å². The second-order valence-corrected chi connectivity index (χ2v) is 6.56. The molecular weight excluding hydrogens is 353 g/mol. The number of thioether (sulfide) groups is 1. The van der Waals surface area contributed by atoms with Crippen molar-refractivity contribution < 1.29 is 14.0 Å². The topological polar surface area (TPSA) is 71.1 Å². The van der Waals surface area contributed by atoms with Crippen molar-refractivity contribution in [2.45, 2.75) is 11.9 Å². The molecule has 1 aromatic heterocycles. The molecule has 0 aliphatic heterocycles. The molecule has 3 aromatic rings. The Kier molecular flexibility index (Phi) is 5.48. The highest BCUT2D eigenvalue weighted by atomic mass is 32.2. The van der Waals surface area contributed by atoms with Gasteiger partial charge in [-0.25, -0.2) is 9.37 Å². The first kappa shape index (κ1) is 17.9. The van der Waals surface area contributed by atoms with Crippen LogP contribution in [0.3, 0.4) is 0 Å². The second kappa shape index (κ2) is 7.97. The van der Waals surface area contributed by atoms with Gasteiger partial charge < -0.3 is 0 Å². The van der Waals surface area contributed by atoms with Crippen LogP contribution in [0, 0.1) is 12.7 Å². The van der Waals surface area contributed by atoms with E-state index in [0.717, 1.165) is 21.5 Å². The first-order valence-corrected chi connectivity index (χ1v) is 8.86. The number of rotatable bonds is 4. The highest BCUT2D eigenvalue weighted by Crippen LogP contribution is 2.23. The summed E-state index contributed by atoms with van der Waals surface area (Å²) in [6.45, 7) is 1.99. The van der Waals surface area contributed by atoms with Crippen molar-refractivity contribution in [2.75, 3.05) is 5.75 Å². The molecule has 132 valence electrons. The van der Waals surface area contributed by atoms with E-state index in [9.17, 15) is 14.0 Å². The van der Waals surface area contributed by atoms with E-state index in [1.165, 1.54) is 30.0 Å². The zero-order chi connectivity index (χ0) is 18.5. The molecule has 0 saturated heterocycles. The number of para-hydroxylation sites is 1. The lowest BCUT2D eigenvalue weighted by atomic mass is 10.1.